The quantitative estimate of drug-likeness (QED) is 0.192. The number of imidazole rings is 1. The molecule has 1 amide bonds. The van der Waals surface area contributed by atoms with Crippen molar-refractivity contribution in [3.05, 3.63) is 64.8 Å². The SMILES string of the molecule is COc1cc(OCc2nc(-c3ccc(C(=O)NCC(F)(F)F)cc3)sc2C)c2cc(-c3cn4nc(OC)sc4n3)oc2c1. The van der Waals surface area contributed by atoms with Crippen LogP contribution >= 0.6 is 22.7 Å². The predicted octanol–water partition coefficient (Wildman–Crippen LogP) is 6.52. The van der Waals surface area contributed by atoms with Crippen LogP contribution in [0.15, 0.2) is 53.1 Å². The van der Waals surface area contributed by atoms with Crippen molar-refractivity contribution >= 4 is 44.5 Å². The Kier molecular flexibility index (Phi) is 7.43. The minimum absolute atomic E-state index is 0.123. The van der Waals surface area contributed by atoms with Crippen LogP contribution < -0.4 is 19.5 Å². The molecule has 15 heteroatoms. The van der Waals surface area contributed by atoms with Crippen molar-refractivity contribution in [1.82, 2.24) is 24.9 Å². The standard InChI is InChI=1S/C28H22F3N5O5S2/c1-14-20(33-25(42-14)16-6-4-15(5-7-16)24(37)32-13-28(29,30)31)12-40-21-8-17(38-2)9-22-18(21)10-23(41-22)19-11-36-26(34-19)43-27(35-36)39-3/h4-11H,12-13H2,1-3H3,(H,32,37). The van der Waals surface area contributed by atoms with Crippen molar-refractivity contribution in [2.75, 3.05) is 20.8 Å². The summed E-state index contributed by atoms with van der Waals surface area (Å²) in [6.07, 6.45) is -2.72. The van der Waals surface area contributed by atoms with Crippen LogP contribution in [0.3, 0.4) is 0 Å². The normalized spacial score (nSPS) is 11.8. The molecule has 6 rings (SSSR count). The molecule has 43 heavy (non-hydrogen) atoms. The molecule has 0 aliphatic carbocycles. The summed E-state index contributed by atoms with van der Waals surface area (Å²) >= 11 is 2.75. The summed E-state index contributed by atoms with van der Waals surface area (Å²) in [4.78, 5) is 22.9. The number of methoxy groups -OCH3 is 2. The molecule has 2 aromatic carbocycles. The van der Waals surface area contributed by atoms with E-state index in [1.54, 1.807) is 49.2 Å². The number of nitrogens with one attached hydrogen (secondary N) is 1. The molecule has 0 radical (unpaired) electrons. The summed E-state index contributed by atoms with van der Waals surface area (Å²) in [6.45, 7) is 0.688. The minimum Gasteiger partial charge on any atom is -0.496 e. The summed E-state index contributed by atoms with van der Waals surface area (Å²) in [5.74, 6) is 0.821. The Morgan fingerprint density at radius 3 is 2.56 bits per heavy atom. The van der Waals surface area contributed by atoms with Crippen molar-refractivity contribution in [3.8, 4) is 38.7 Å². The highest BCUT2D eigenvalue weighted by Gasteiger charge is 2.28. The lowest BCUT2D eigenvalue weighted by Gasteiger charge is -2.08. The number of ether oxygens (including phenoxy) is 3. The summed E-state index contributed by atoms with van der Waals surface area (Å²) < 4.78 is 61.8. The van der Waals surface area contributed by atoms with Gasteiger partial charge in [-0.15, -0.1) is 16.4 Å². The number of amides is 1. The van der Waals surface area contributed by atoms with E-state index in [9.17, 15) is 18.0 Å². The Hall–Kier alpha value is -4.63. The van der Waals surface area contributed by atoms with Crippen LogP contribution in [-0.2, 0) is 6.61 Å². The number of thiazole rings is 1. The fourth-order valence-electron chi connectivity index (χ4n) is 4.21. The number of aryl methyl sites for hydroxylation is 1. The van der Waals surface area contributed by atoms with E-state index in [1.165, 1.54) is 34.8 Å². The van der Waals surface area contributed by atoms with Gasteiger partial charge in [0, 0.05) is 28.1 Å². The zero-order chi connectivity index (χ0) is 30.3. The van der Waals surface area contributed by atoms with Crippen molar-refractivity contribution in [2.45, 2.75) is 19.7 Å². The number of carbonyl (C=O) groups excluding carboxylic acids is 1. The molecule has 0 aliphatic heterocycles. The van der Waals surface area contributed by atoms with E-state index >= 15 is 0 Å². The number of nitrogens with zero attached hydrogens (tertiary/aromatic N) is 4. The van der Waals surface area contributed by atoms with E-state index in [1.807, 2.05) is 18.3 Å². The summed E-state index contributed by atoms with van der Waals surface area (Å²) in [7, 11) is 3.10. The molecule has 10 nitrogen and oxygen atoms in total. The van der Waals surface area contributed by atoms with Gasteiger partial charge in [0.1, 0.15) is 40.9 Å². The maximum atomic E-state index is 12.4. The van der Waals surface area contributed by atoms with Gasteiger partial charge in [0.25, 0.3) is 11.1 Å². The third-order valence-corrected chi connectivity index (χ3v) is 8.31. The highest BCUT2D eigenvalue weighted by molar-refractivity contribution is 7.18. The van der Waals surface area contributed by atoms with Gasteiger partial charge in [-0.1, -0.05) is 12.1 Å². The largest absolute Gasteiger partial charge is 0.496 e. The Bertz CT molecular complexity index is 1910. The third-order valence-electron chi connectivity index (χ3n) is 6.36. The predicted molar refractivity (Wildman–Crippen MR) is 154 cm³/mol. The number of benzene rings is 2. The molecule has 4 heterocycles. The maximum absolute atomic E-state index is 12.4. The lowest BCUT2D eigenvalue weighted by molar-refractivity contribution is -0.123. The second-order valence-corrected chi connectivity index (χ2v) is 11.4. The summed E-state index contributed by atoms with van der Waals surface area (Å²) in [6, 6.07) is 11.6. The van der Waals surface area contributed by atoms with Crippen LogP contribution in [0.1, 0.15) is 20.9 Å². The zero-order valence-electron chi connectivity index (χ0n) is 22.8. The van der Waals surface area contributed by atoms with Crippen molar-refractivity contribution in [1.29, 1.82) is 0 Å². The first kappa shape index (κ1) is 28.5. The highest BCUT2D eigenvalue weighted by Crippen LogP contribution is 2.38. The Morgan fingerprint density at radius 2 is 1.86 bits per heavy atom. The molecule has 0 bridgehead atoms. The van der Waals surface area contributed by atoms with E-state index < -0.39 is 18.6 Å². The second-order valence-electron chi connectivity index (χ2n) is 9.26. The molecule has 222 valence electrons. The summed E-state index contributed by atoms with van der Waals surface area (Å²) in [5, 5.41) is 8.08. The molecule has 0 fully saturated rings. The first-order valence-corrected chi connectivity index (χ1v) is 14.3. The minimum atomic E-state index is -4.48. The monoisotopic (exact) mass is 629 g/mol. The topological polar surface area (TPSA) is 113 Å². The number of carbonyl (C=O) groups is 1. The highest BCUT2D eigenvalue weighted by atomic mass is 32.1. The fraction of sp³-hybridized carbons (Fsp3) is 0.214. The van der Waals surface area contributed by atoms with Gasteiger partial charge in [0.15, 0.2) is 5.76 Å². The van der Waals surface area contributed by atoms with Gasteiger partial charge in [-0.25, -0.2) is 14.5 Å². The Labute approximate surface area is 249 Å². The number of furan rings is 1. The number of halogens is 3. The molecule has 0 unspecified atom stereocenters. The van der Waals surface area contributed by atoms with Gasteiger partial charge < -0.3 is 23.9 Å². The molecular weight excluding hydrogens is 607 g/mol. The molecule has 4 aromatic heterocycles. The molecular formula is C28H22F3N5O5S2. The first-order chi connectivity index (χ1) is 20.6. The Morgan fingerprint density at radius 1 is 1.07 bits per heavy atom. The van der Waals surface area contributed by atoms with E-state index in [0.29, 0.717) is 49.4 Å². The number of fused-ring (bicyclic) bond motifs is 2. The van der Waals surface area contributed by atoms with Crippen molar-refractivity contribution < 1.29 is 36.6 Å². The van der Waals surface area contributed by atoms with Crippen LogP contribution in [0.25, 0.3) is 38.0 Å². The molecule has 0 atom stereocenters. The number of aromatic nitrogens is 4. The maximum Gasteiger partial charge on any atom is 0.405 e. The van der Waals surface area contributed by atoms with Crippen LogP contribution in [0, 0.1) is 6.92 Å². The van der Waals surface area contributed by atoms with Crippen LogP contribution in [-0.4, -0.2) is 52.4 Å². The molecule has 1 N–H and O–H groups in total. The van der Waals surface area contributed by atoms with Crippen molar-refractivity contribution in [3.63, 3.8) is 0 Å². The molecule has 0 aliphatic rings. The molecule has 6 aromatic rings. The zero-order valence-corrected chi connectivity index (χ0v) is 24.4. The third kappa shape index (κ3) is 5.99. The summed E-state index contributed by atoms with van der Waals surface area (Å²) in [5.41, 5.74) is 2.72. The number of hydrogen-bond acceptors (Lipinski definition) is 10. The average Bonchev–Trinajstić information content (AvgIpc) is 3.76. The molecule has 0 spiro atoms. The average molecular weight is 630 g/mol. The smallest absolute Gasteiger partial charge is 0.405 e. The number of rotatable bonds is 9. The fourth-order valence-corrected chi connectivity index (χ4v) is 5.83. The van der Waals surface area contributed by atoms with E-state index in [0.717, 1.165) is 15.8 Å². The van der Waals surface area contributed by atoms with E-state index in [4.69, 9.17) is 23.6 Å². The Balaban J connectivity index is 1.20. The second kappa shape index (κ2) is 11.2. The van der Waals surface area contributed by atoms with Gasteiger partial charge >= 0.3 is 6.18 Å². The van der Waals surface area contributed by atoms with Crippen LogP contribution in [0.4, 0.5) is 13.2 Å². The van der Waals surface area contributed by atoms with Crippen LogP contribution in [0.5, 0.6) is 16.7 Å². The lowest BCUT2D eigenvalue weighted by Crippen LogP contribution is -2.33. The number of hydrogen-bond donors (Lipinski definition) is 1. The van der Waals surface area contributed by atoms with Gasteiger partial charge in [-0.2, -0.15) is 13.2 Å². The molecule has 0 saturated carbocycles. The first-order valence-electron chi connectivity index (χ1n) is 12.7. The molecule has 0 saturated heterocycles. The lowest BCUT2D eigenvalue weighted by atomic mass is 10.1. The van der Waals surface area contributed by atoms with E-state index in [-0.39, 0.29) is 12.2 Å². The van der Waals surface area contributed by atoms with Gasteiger partial charge in [-0.05, 0) is 36.5 Å². The van der Waals surface area contributed by atoms with Gasteiger partial charge in [0.05, 0.1) is 31.5 Å². The van der Waals surface area contributed by atoms with Crippen LogP contribution in [0.2, 0.25) is 0 Å². The van der Waals surface area contributed by atoms with E-state index in [2.05, 4.69) is 10.1 Å². The number of alkyl halides is 3. The van der Waals surface area contributed by atoms with Crippen molar-refractivity contribution in [2.24, 2.45) is 0 Å². The van der Waals surface area contributed by atoms with Gasteiger partial charge in [-0.3, -0.25) is 4.79 Å². The van der Waals surface area contributed by atoms with Gasteiger partial charge in [0.2, 0.25) is 4.96 Å².